The second-order valence-corrected chi connectivity index (χ2v) is 7.29. The second-order valence-electron chi connectivity index (χ2n) is 5.20. The molecule has 4 nitrogen and oxygen atoms in total. The second kappa shape index (κ2) is 8.15. The van der Waals surface area contributed by atoms with Crippen LogP contribution in [-0.2, 0) is 0 Å². The third kappa shape index (κ3) is 4.60. The first-order valence-corrected chi connectivity index (χ1v) is 9.22. The molecule has 1 heterocycles. The van der Waals surface area contributed by atoms with Crippen molar-refractivity contribution in [1.29, 1.82) is 0 Å². The van der Waals surface area contributed by atoms with Gasteiger partial charge in [0.25, 0.3) is 5.91 Å². The van der Waals surface area contributed by atoms with Crippen molar-refractivity contribution in [2.75, 3.05) is 5.32 Å². The summed E-state index contributed by atoms with van der Waals surface area (Å²) < 4.78 is 20.1. The van der Waals surface area contributed by atoms with E-state index in [1.807, 2.05) is 22.6 Å². The molecule has 0 atom stereocenters. The molecule has 2 aromatic carbocycles. The molecule has 1 aromatic heterocycles. The van der Waals surface area contributed by atoms with E-state index in [0.29, 0.717) is 10.8 Å². The Morgan fingerprint density at radius 2 is 1.85 bits per heavy atom. The number of carbonyl (C=O) groups excluding carboxylic acids is 1. The van der Waals surface area contributed by atoms with Gasteiger partial charge in [-0.25, -0.2) is 4.39 Å². The van der Waals surface area contributed by atoms with E-state index in [9.17, 15) is 9.18 Å². The zero-order valence-electron chi connectivity index (χ0n) is 13.1. The van der Waals surface area contributed by atoms with Gasteiger partial charge in [0.2, 0.25) is 0 Å². The predicted molar refractivity (Wildman–Crippen MR) is 112 cm³/mol. The third-order valence-corrected chi connectivity index (χ3v) is 4.49. The van der Waals surface area contributed by atoms with Crippen LogP contribution in [0.2, 0.25) is 5.02 Å². The number of amides is 1. The third-order valence-electron chi connectivity index (χ3n) is 3.36. The molecule has 8 heteroatoms. The number of thiocarbonyl (C=S) groups is 1. The molecule has 0 fully saturated rings. The molecule has 1 amide bonds. The number of hydrogen-bond acceptors (Lipinski definition) is 3. The fraction of sp³-hybridized carbons (Fsp3) is 0. The van der Waals surface area contributed by atoms with Crippen LogP contribution in [0.4, 0.5) is 10.1 Å². The largest absolute Gasteiger partial charge is 0.451 e. The fourth-order valence-electron chi connectivity index (χ4n) is 2.14. The van der Waals surface area contributed by atoms with E-state index in [-0.39, 0.29) is 16.6 Å². The average molecular weight is 501 g/mol. The summed E-state index contributed by atoms with van der Waals surface area (Å²) in [4.78, 5) is 12.2. The maximum atomic E-state index is 13.8. The molecule has 3 aromatic rings. The van der Waals surface area contributed by atoms with Gasteiger partial charge in [-0.15, -0.1) is 0 Å². The Hall–Kier alpha value is -1.97. The Morgan fingerprint density at radius 1 is 1.12 bits per heavy atom. The molecule has 0 aliphatic rings. The van der Waals surface area contributed by atoms with E-state index in [0.717, 1.165) is 9.13 Å². The SMILES string of the molecule is O=C(NC(=S)Nc1ccc(I)cc1F)c1ccc(-c2ccc(Cl)cc2)o1. The zero-order chi connectivity index (χ0) is 18.7. The van der Waals surface area contributed by atoms with Gasteiger partial charge in [-0.05, 0) is 89.4 Å². The molecular formula is C18H11ClFIN2O2S. The molecule has 132 valence electrons. The van der Waals surface area contributed by atoms with Crippen molar-refractivity contribution in [3.05, 3.63) is 74.8 Å². The van der Waals surface area contributed by atoms with Crippen molar-refractivity contribution in [2.45, 2.75) is 0 Å². The average Bonchev–Trinajstić information content (AvgIpc) is 3.08. The first kappa shape index (κ1) is 18.8. The first-order valence-electron chi connectivity index (χ1n) is 7.35. The molecule has 0 bridgehead atoms. The van der Waals surface area contributed by atoms with Crippen molar-refractivity contribution >= 4 is 63.1 Å². The molecule has 0 radical (unpaired) electrons. The number of nitrogens with one attached hydrogen (secondary N) is 2. The van der Waals surface area contributed by atoms with Crippen molar-refractivity contribution in [3.63, 3.8) is 0 Å². The van der Waals surface area contributed by atoms with E-state index in [2.05, 4.69) is 10.6 Å². The number of furan rings is 1. The number of hydrogen-bond donors (Lipinski definition) is 2. The van der Waals surface area contributed by atoms with Gasteiger partial charge in [0.1, 0.15) is 11.6 Å². The van der Waals surface area contributed by atoms with Crippen molar-refractivity contribution in [1.82, 2.24) is 5.32 Å². The summed E-state index contributed by atoms with van der Waals surface area (Å²) >= 11 is 12.9. The van der Waals surface area contributed by atoms with Gasteiger partial charge in [0.05, 0.1) is 5.69 Å². The number of benzene rings is 2. The summed E-state index contributed by atoms with van der Waals surface area (Å²) in [7, 11) is 0. The molecule has 26 heavy (non-hydrogen) atoms. The minimum absolute atomic E-state index is 0.0282. The van der Waals surface area contributed by atoms with Crippen LogP contribution in [-0.4, -0.2) is 11.0 Å². The van der Waals surface area contributed by atoms with E-state index in [1.54, 1.807) is 42.5 Å². The van der Waals surface area contributed by atoms with Crippen LogP contribution in [0, 0.1) is 9.39 Å². The zero-order valence-corrected chi connectivity index (χ0v) is 16.8. The minimum atomic E-state index is -0.534. The molecule has 0 spiro atoms. The number of rotatable bonds is 3. The summed E-state index contributed by atoms with van der Waals surface area (Å²) in [5.41, 5.74) is 0.965. The van der Waals surface area contributed by atoms with Crippen molar-refractivity contribution in [3.8, 4) is 11.3 Å². The normalized spacial score (nSPS) is 10.4. The van der Waals surface area contributed by atoms with Gasteiger partial charge in [-0.3, -0.25) is 10.1 Å². The number of anilines is 1. The maximum absolute atomic E-state index is 13.8. The lowest BCUT2D eigenvalue weighted by molar-refractivity contribution is 0.0951. The van der Waals surface area contributed by atoms with Crippen LogP contribution >= 0.6 is 46.4 Å². The van der Waals surface area contributed by atoms with Crippen LogP contribution < -0.4 is 10.6 Å². The van der Waals surface area contributed by atoms with Gasteiger partial charge < -0.3 is 9.73 Å². The fourth-order valence-corrected chi connectivity index (χ4v) is 2.92. The summed E-state index contributed by atoms with van der Waals surface area (Å²) in [5, 5.41) is 5.69. The van der Waals surface area contributed by atoms with Gasteiger partial charge in [-0.2, -0.15) is 0 Å². The summed E-state index contributed by atoms with van der Waals surface area (Å²) in [6, 6.07) is 14.9. The topological polar surface area (TPSA) is 54.3 Å². The molecular weight excluding hydrogens is 490 g/mol. The highest BCUT2D eigenvalue weighted by Gasteiger charge is 2.14. The van der Waals surface area contributed by atoms with Crippen LogP contribution in [0.15, 0.2) is 59.0 Å². The van der Waals surface area contributed by atoms with Crippen molar-refractivity contribution < 1.29 is 13.6 Å². The minimum Gasteiger partial charge on any atom is -0.451 e. The van der Waals surface area contributed by atoms with Gasteiger partial charge >= 0.3 is 0 Å². The maximum Gasteiger partial charge on any atom is 0.293 e. The van der Waals surface area contributed by atoms with E-state index in [1.165, 1.54) is 12.1 Å². The Kier molecular flexibility index (Phi) is 5.90. The Labute approximate surface area is 172 Å². The van der Waals surface area contributed by atoms with Gasteiger partial charge in [0, 0.05) is 14.2 Å². The monoisotopic (exact) mass is 500 g/mol. The molecule has 0 aliphatic carbocycles. The lowest BCUT2D eigenvalue weighted by atomic mass is 10.2. The highest BCUT2D eigenvalue weighted by molar-refractivity contribution is 14.1. The van der Waals surface area contributed by atoms with Crippen LogP contribution in [0.3, 0.4) is 0 Å². The summed E-state index contributed by atoms with van der Waals surface area (Å²) in [6.45, 7) is 0. The molecule has 0 saturated heterocycles. The van der Waals surface area contributed by atoms with Gasteiger partial charge in [0.15, 0.2) is 10.9 Å². The smallest absolute Gasteiger partial charge is 0.293 e. The summed E-state index contributed by atoms with van der Waals surface area (Å²) in [6.07, 6.45) is 0. The molecule has 3 rings (SSSR count). The van der Waals surface area contributed by atoms with E-state index >= 15 is 0 Å². The number of carbonyl (C=O) groups is 1. The summed E-state index contributed by atoms with van der Waals surface area (Å²) in [5.74, 6) is -0.387. The highest BCUT2D eigenvalue weighted by atomic mass is 127. The first-order chi connectivity index (χ1) is 12.4. The van der Waals surface area contributed by atoms with Gasteiger partial charge in [-0.1, -0.05) is 11.6 Å². The highest BCUT2D eigenvalue weighted by Crippen LogP contribution is 2.24. The molecule has 0 saturated carbocycles. The standard InChI is InChI=1S/C18H11ClFIN2O2S/c19-11-3-1-10(2-4-11)15-7-8-16(25-15)17(24)23-18(26)22-14-6-5-12(21)9-13(14)20/h1-9H,(H2,22,23,24,26). The quantitative estimate of drug-likeness (QED) is 0.370. The van der Waals surface area contributed by atoms with E-state index in [4.69, 9.17) is 28.2 Å². The Bertz CT molecular complexity index is 976. The number of halogens is 3. The predicted octanol–water partition coefficient (Wildman–Crippen LogP) is 5.47. The van der Waals surface area contributed by atoms with E-state index < -0.39 is 11.7 Å². The Balaban J connectivity index is 1.66. The molecule has 0 unspecified atom stereocenters. The molecule has 0 aliphatic heterocycles. The van der Waals surface area contributed by atoms with Crippen LogP contribution in [0.25, 0.3) is 11.3 Å². The van der Waals surface area contributed by atoms with Crippen LogP contribution in [0.5, 0.6) is 0 Å². The van der Waals surface area contributed by atoms with Crippen LogP contribution in [0.1, 0.15) is 10.6 Å². The Morgan fingerprint density at radius 3 is 2.54 bits per heavy atom. The lowest BCUT2D eigenvalue weighted by Gasteiger charge is -2.09. The van der Waals surface area contributed by atoms with Crippen molar-refractivity contribution in [2.24, 2.45) is 0 Å². The molecule has 2 N–H and O–H groups in total. The lowest BCUT2D eigenvalue weighted by Crippen LogP contribution is -2.34.